The summed E-state index contributed by atoms with van der Waals surface area (Å²) in [5, 5.41) is -0.623. The van der Waals surface area contributed by atoms with Gasteiger partial charge in [0.15, 0.2) is 0 Å². The molecular formula is C7H18O6S2. The van der Waals surface area contributed by atoms with Crippen LogP contribution < -0.4 is 0 Å². The van der Waals surface area contributed by atoms with Crippen molar-refractivity contribution >= 4 is 20.2 Å². The summed E-state index contributed by atoms with van der Waals surface area (Å²) in [5.74, 6) is -0.132. The van der Waals surface area contributed by atoms with Crippen LogP contribution in [0, 0.1) is 0 Å². The van der Waals surface area contributed by atoms with Crippen LogP contribution in [0.15, 0.2) is 0 Å². The lowest BCUT2D eigenvalue weighted by Crippen LogP contribution is -2.14. The first-order valence-corrected chi connectivity index (χ1v) is 7.57. The predicted molar refractivity (Wildman–Crippen MR) is 58.0 cm³/mol. The van der Waals surface area contributed by atoms with Gasteiger partial charge in [0.1, 0.15) is 0 Å². The molecule has 0 spiro atoms. The molecule has 0 aromatic rings. The van der Waals surface area contributed by atoms with Crippen LogP contribution in [0.2, 0.25) is 0 Å². The van der Waals surface area contributed by atoms with Gasteiger partial charge in [-0.1, -0.05) is 13.8 Å². The van der Waals surface area contributed by atoms with Crippen LogP contribution in [0.25, 0.3) is 0 Å². The average molecular weight is 262 g/mol. The van der Waals surface area contributed by atoms with E-state index in [9.17, 15) is 16.8 Å². The Morgan fingerprint density at radius 1 is 1.07 bits per heavy atom. The third kappa shape index (κ3) is 13.8. The lowest BCUT2D eigenvalue weighted by Gasteiger charge is -2.00. The van der Waals surface area contributed by atoms with Gasteiger partial charge in [0.05, 0.1) is 11.0 Å². The minimum atomic E-state index is -3.75. The van der Waals surface area contributed by atoms with Gasteiger partial charge in [0.2, 0.25) is 0 Å². The maximum atomic E-state index is 10.1. The van der Waals surface area contributed by atoms with Crippen molar-refractivity contribution in [3.8, 4) is 0 Å². The lowest BCUT2D eigenvalue weighted by molar-refractivity contribution is 0.468. The molecule has 0 aromatic carbocycles. The van der Waals surface area contributed by atoms with Crippen molar-refractivity contribution in [3.05, 3.63) is 0 Å². The van der Waals surface area contributed by atoms with Crippen molar-refractivity contribution in [2.75, 3.05) is 5.75 Å². The van der Waals surface area contributed by atoms with Gasteiger partial charge in [-0.05, 0) is 19.8 Å². The van der Waals surface area contributed by atoms with E-state index in [4.69, 9.17) is 9.11 Å². The molecule has 0 fully saturated rings. The summed E-state index contributed by atoms with van der Waals surface area (Å²) in [5.41, 5.74) is 0. The van der Waals surface area contributed by atoms with Crippen molar-refractivity contribution in [1.82, 2.24) is 0 Å². The molecule has 6 nitrogen and oxygen atoms in total. The highest BCUT2D eigenvalue weighted by Crippen LogP contribution is 1.99. The lowest BCUT2D eigenvalue weighted by atomic mass is 10.4. The van der Waals surface area contributed by atoms with E-state index in [2.05, 4.69) is 0 Å². The van der Waals surface area contributed by atoms with Crippen molar-refractivity contribution in [1.29, 1.82) is 0 Å². The second-order valence-corrected chi connectivity index (χ2v) is 6.43. The molecule has 0 rings (SSSR count). The Bertz CT molecular complexity index is 342. The first-order chi connectivity index (χ1) is 6.54. The summed E-state index contributed by atoms with van der Waals surface area (Å²) >= 11 is 0. The van der Waals surface area contributed by atoms with E-state index in [1.807, 2.05) is 0 Å². The Morgan fingerprint density at radius 2 is 1.47 bits per heavy atom. The zero-order chi connectivity index (χ0) is 12.7. The van der Waals surface area contributed by atoms with E-state index in [1.54, 1.807) is 13.8 Å². The Hall–Kier alpha value is -0.180. The third-order valence-corrected chi connectivity index (χ3v) is 3.82. The molecule has 2 N–H and O–H groups in total. The molecule has 1 atom stereocenters. The SMILES string of the molecule is CCC(C)S(=O)(=O)O.CCCS(=O)(=O)O. The smallest absolute Gasteiger partial charge is 0.267 e. The first kappa shape index (κ1) is 17.2. The predicted octanol–water partition coefficient (Wildman–Crippen LogP) is 0.957. The Kier molecular flexibility index (Phi) is 8.21. The third-order valence-electron chi connectivity index (χ3n) is 1.55. The molecular weight excluding hydrogens is 244 g/mol. The molecule has 1 unspecified atom stereocenters. The second-order valence-electron chi connectivity index (χ2n) is 3.02. The summed E-state index contributed by atoms with van der Waals surface area (Å²) in [6.45, 7) is 4.86. The minimum Gasteiger partial charge on any atom is -0.286 e. The molecule has 15 heavy (non-hydrogen) atoms. The summed E-state index contributed by atoms with van der Waals surface area (Å²) in [4.78, 5) is 0. The van der Waals surface area contributed by atoms with Crippen LogP contribution >= 0.6 is 0 Å². The van der Waals surface area contributed by atoms with Gasteiger partial charge < -0.3 is 0 Å². The zero-order valence-electron chi connectivity index (χ0n) is 9.04. The van der Waals surface area contributed by atoms with E-state index in [-0.39, 0.29) is 5.75 Å². The van der Waals surface area contributed by atoms with Crippen LogP contribution in [0.1, 0.15) is 33.6 Å². The molecule has 0 aliphatic rings. The minimum absolute atomic E-state index is 0.132. The zero-order valence-corrected chi connectivity index (χ0v) is 10.7. The fourth-order valence-electron chi connectivity index (χ4n) is 0.469. The summed E-state index contributed by atoms with van der Waals surface area (Å²) in [6, 6.07) is 0. The Labute approximate surface area is 91.2 Å². The van der Waals surface area contributed by atoms with Crippen LogP contribution in [-0.2, 0) is 20.2 Å². The monoisotopic (exact) mass is 262 g/mol. The molecule has 0 saturated heterocycles. The van der Waals surface area contributed by atoms with E-state index in [1.165, 1.54) is 6.92 Å². The molecule has 0 aliphatic heterocycles. The van der Waals surface area contributed by atoms with Gasteiger partial charge in [-0.3, -0.25) is 9.11 Å². The second kappa shape index (κ2) is 7.15. The van der Waals surface area contributed by atoms with Gasteiger partial charge in [-0.15, -0.1) is 0 Å². The highest BCUT2D eigenvalue weighted by Gasteiger charge is 2.13. The van der Waals surface area contributed by atoms with E-state index in [0.717, 1.165) is 0 Å². The van der Waals surface area contributed by atoms with Gasteiger partial charge in [-0.2, -0.15) is 16.8 Å². The Balaban J connectivity index is 0. The van der Waals surface area contributed by atoms with Gasteiger partial charge in [0.25, 0.3) is 20.2 Å². The van der Waals surface area contributed by atoms with Crippen LogP contribution in [0.3, 0.4) is 0 Å². The molecule has 0 aliphatic carbocycles. The maximum Gasteiger partial charge on any atom is 0.267 e. The molecule has 94 valence electrons. The summed E-state index contributed by atoms with van der Waals surface area (Å²) in [6.07, 6.45) is 0.928. The molecule has 0 radical (unpaired) electrons. The molecule has 0 heterocycles. The van der Waals surface area contributed by atoms with E-state index < -0.39 is 25.5 Å². The van der Waals surface area contributed by atoms with Crippen LogP contribution in [-0.4, -0.2) is 36.9 Å². The highest BCUT2D eigenvalue weighted by molar-refractivity contribution is 7.86. The van der Waals surface area contributed by atoms with Crippen LogP contribution in [0.4, 0.5) is 0 Å². The van der Waals surface area contributed by atoms with Crippen LogP contribution in [0.5, 0.6) is 0 Å². The maximum absolute atomic E-state index is 10.1. The molecule has 0 amide bonds. The fraction of sp³-hybridized carbons (Fsp3) is 1.00. The molecule has 8 heteroatoms. The number of rotatable bonds is 4. The van der Waals surface area contributed by atoms with Crippen molar-refractivity contribution < 1.29 is 25.9 Å². The summed E-state index contributed by atoms with van der Waals surface area (Å²) in [7, 11) is -7.43. The summed E-state index contributed by atoms with van der Waals surface area (Å²) < 4.78 is 56.1. The molecule has 0 bridgehead atoms. The van der Waals surface area contributed by atoms with E-state index >= 15 is 0 Å². The molecule has 0 saturated carbocycles. The number of hydrogen-bond donors (Lipinski definition) is 2. The molecule has 0 aromatic heterocycles. The first-order valence-electron chi connectivity index (χ1n) is 4.46. The van der Waals surface area contributed by atoms with E-state index in [0.29, 0.717) is 12.8 Å². The standard InChI is InChI=1S/C4H10O3S.C3H8O3S/c1-3-4(2)8(5,6)7;1-2-3-7(4,5)6/h4H,3H2,1-2H3,(H,5,6,7);2-3H2,1H3,(H,4,5,6). The highest BCUT2D eigenvalue weighted by atomic mass is 32.2. The largest absolute Gasteiger partial charge is 0.286 e. The van der Waals surface area contributed by atoms with Gasteiger partial charge in [-0.25, -0.2) is 0 Å². The average Bonchev–Trinajstić information content (AvgIpc) is 2.00. The van der Waals surface area contributed by atoms with Crippen molar-refractivity contribution in [2.45, 2.75) is 38.9 Å². The quantitative estimate of drug-likeness (QED) is 0.730. The van der Waals surface area contributed by atoms with Crippen molar-refractivity contribution in [3.63, 3.8) is 0 Å². The van der Waals surface area contributed by atoms with Crippen molar-refractivity contribution in [2.24, 2.45) is 0 Å². The Morgan fingerprint density at radius 3 is 1.47 bits per heavy atom. The topological polar surface area (TPSA) is 109 Å². The van der Waals surface area contributed by atoms with Gasteiger partial charge in [0, 0.05) is 0 Å². The normalized spacial score (nSPS) is 13.9. The number of hydrogen-bond acceptors (Lipinski definition) is 4. The fourth-order valence-corrected chi connectivity index (χ4v) is 1.41. The van der Waals surface area contributed by atoms with Gasteiger partial charge >= 0.3 is 0 Å².